The topological polar surface area (TPSA) is 12.0 Å². The van der Waals surface area contributed by atoms with E-state index in [0.29, 0.717) is 6.04 Å². The van der Waals surface area contributed by atoms with Crippen LogP contribution in [0.25, 0.3) is 0 Å². The third-order valence-electron chi connectivity index (χ3n) is 4.97. The number of halogens is 1. The first-order valence-corrected chi connectivity index (χ1v) is 7.74. The van der Waals surface area contributed by atoms with Crippen LogP contribution in [0.2, 0.25) is 0 Å². The van der Waals surface area contributed by atoms with Gasteiger partial charge in [-0.25, -0.2) is 4.39 Å². The molecule has 0 aliphatic heterocycles. The van der Waals surface area contributed by atoms with E-state index in [-0.39, 0.29) is 5.82 Å². The van der Waals surface area contributed by atoms with Crippen LogP contribution in [0.5, 0.6) is 0 Å². The van der Waals surface area contributed by atoms with E-state index >= 15 is 0 Å². The minimum atomic E-state index is -0.0966. The molecule has 2 aliphatic carbocycles. The van der Waals surface area contributed by atoms with Gasteiger partial charge in [-0.05, 0) is 67.3 Å². The zero-order chi connectivity index (χ0) is 13.2. The van der Waals surface area contributed by atoms with Crippen molar-refractivity contribution in [2.24, 2.45) is 11.8 Å². The summed E-state index contributed by atoms with van der Waals surface area (Å²) in [4.78, 5) is 0. The van der Waals surface area contributed by atoms with Gasteiger partial charge in [-0.1, -0.05) is 25.8 Å². The maximum absolute atomic E-state index is 13.2. The fraction of sp³-hybridized carbons (Fsp3) is 0.647. The zero-order valence-electron chi connectivity index (χ0n) is 11.8. The van der Waals surface area contributed by atoms with Crippen LogP contribution in [0.3, 0.4) is 0 Å². The summed E-state index contributed by atoms with van der Waals surface area (Å²) in [5, 5.41) is 3.72. The van der Waals surface area contributed by atoms with Crippen molar-refractivity contribution in [2.45, 2.75) is 51.5 Å². The minimum absolute atomic E-state index is 0.0966. The fourth-order valence-electron chi connectivity index (χ4n) is 3.64. The number of benzene rings is 1. The molecule has 3 rings (SSSR count). The second kappa shape index (κ2) is 5.62. The Morgan fingerprint density at radius 3 is 2.74 bits per heavy atom. The Labute approximate surface area is 115 Å². The van der Waals surface area contributed by atoms with Crippen molar-refractivity contribution < 1.29 is 4.39 Å². The monoisotopic (exact) mass is 261 g/mol. The average molecular weight is 261 g/mol. The summed E-state index contributed by atoms with van der Waals surface area (Å²) < 4.78 is 13.2. The lowest BCUT2D eigenvalue weighted by atomic mass is 9.83. The van der Waals surface area contributed by atoms with Gasteiger partial charge in [-0.15, -0.1) is 0 Å². The summed E-state index contributed by atoms with van der Waals surface area (Å²) in [6.07, 6.45) is 7.67. The Hall–Kier alpha value is -0.890. The van der Waals surface area contributed by atoms with Crippen LogP contribution in [-0.2, 0) is 6.42 Å². The maximum Gasteiger partial charge on any atom is 0.123 e. The van der Waals surface area contributed by atoms with Crippen molar-refractivity contribution >= 4 is 0 Å². The minimum Gasteiger partial charge on any atom is -0.310 e. The molecule has 0 amide bonds. The average Bonchev–Trinajstić information content (AvgIpc) is 2.80. The molecule has 1 aromatic rings. The molecule has 0 heterocycles. The van der Waals surface area contributed by atoms with Crippen LogP contribution < -0.4 is 5.32 Å². The molecule has 1 aromatic carbocycles. The lowest BCUT2D eigenvalue weighted by Crippen LogP contribution is -2.28. The molecule has 1 unspecified atom stereocenters. The molecule has 1 atom stereocenters. The van der Waals surface area contributed by atoms with Gasteiger partial charge < -0.3 is 5.32 Å². The Morgan fingerprint density at radius 2 is 1.95 bits per heavy atom. The Bertz CT molecular complexity index is 435. The van der Waals surface area contributed by atoms with Gasteiger partial charge >= 0.3 is 0 Å². The molecule has 0 radical (unpaired) electrons. The quantitative estimate of drug-likeness (QED) is 0.858. The van der Waals surface area contributed by atoms with Crippen LogP contribution in [0.4, 0.5) is 4.39 Å². The molecule has 0 saturated heterocycles. The SMILES string of the molecule is CC1CCC(CNC2CCc3cc(F)ccc32)CC1. The molecule has 2 heteroatoms. The van der Waals surface area contributed by atoms with Gasteiger partial charge in [0.15, 0.2) is 0 Å². The Kier molecular flexibility index (Phi) is 3.88. The number of nitrogens with one attached hydrogen (secondary N) is 1. The highest BCUT2D eigenvalue weighted by atomic mass is 19.1. The van der Waals surface area contributed by atoms with Gasteiger partial charge in [0.1, 0.15) is 5.82 Å². The van der Waals surface area contributed by atoms with Gasteiger partial charge in [0, 0.05) is 6.04 Å². The Balaban J connectivity index is 1.55. The predicted molar refractivity (Wildman–Crippen MR) is 76.6 cm³/mol. The van der Waals surface area contributed by atoms with Gasteiger partial charge in [0.25, 0.3) is 0 Å². The number of fused-ring (bicyclic) bond motifs is 1. The van der Waals surface area contributed by atoms with Crippen LogP contribution in [0.1, 0.15) is 56.2 Å². The predicted octanol–water partition coefficient (Wildman–Crippen LogP) is 4.23. The normalized spacial score (nSPS) is 30.3. The molecule has 1 fully saturated rings. The Morgan fingerprint density at radius 1 is 1.16 bits per heavy atom. The van der Waals surface area contributed by atoms with Gasteiger partial charge in [-0.2, -0.15) is 0 Å². The van der Waals surface area contributed by atoms with Crippen molar-refractivity contribution in [1.29, 1.82) is 0 Å². The third-order valence-corrected chi connectivity index (χ3v) is 4.97. The van der Waals surface area contributed by atoms with E-state index in [1.807, 2.05) is 6.07 Å². The van der Waals surface area contributed by atoms with Gasteiger partial charge in [0.05, 0.1) is 0 Å². The van der Waals surface area contributed by atoms with Gasteiger partial charge in [-0.3, -0.25) is 0 Å². The van der Waals surface area contributed by atoms with E-state index in [1.165, 1.54) is 36.8 Å². The smallest absolute Gasteiger partial charge is 0.123 e. The molecule has 0 aromatic heterocycles. The van der Waals surface area contributed by atoms with Crippen LogP contribution in [0.15, 0.2) is 18.2 Å². The highest BCUT2D eigenvalue weighted by Gasteiger charge is 2.24. The highest BCUT2D eigenvalue weighted by molar-refractivity contribution is 5.34. The summed E-state index contributed by atoms with van der Waals surface area (Å²) in [5.41, 5.74) is 2.53. The van der Waals surface area contributed by atoms with Crippen molar-refractivity contribution in [3.05, 3.63) is 35.1 Å². The third kappa shape index (κ3) is 3.00. The lowest BCUT2D eigenvalue weighted by molar-refractivity contribution is 0.274. The van der Waals surface area contributed by atoms with Crippen molar-refractivity contribution in [3.63, 3.8) is 0 Å². The molecule has 0 bridgehead atoms. The van der Waals surface area contributed by atoms with Crippen LogP contribution in [0, 0.1) is 17.7 Å². The molecular weight excluding hydrogens is 237 g/mol. The summed E-state index contributed by atoms with van der Waals surface area (Å²) in [6.45, 7) is 3.50. The van der Waals surface area contributed by atoms with E-state index < -0.39 is 0 Å². The maximum atomic E-state index is 13.2. The summed E-state index contributed by atoms with van der Waals surface area (Å²) >= 11 is 0. The van der Waals surface area contributed by atoms with E-state index in [0.717, 1.165) is 31.2 Å². The van der Waals surface area contributed by atoms with E-state index in [1.54, 1.807) is 12.1 Å². The van der Waals surface area contributed by atoms with Crippen molar-refractivity contribution in [2.75, 3.05) is 6.54 Å². The summed E-state index contributed by atoms with van der Waals surface area (Å²) in [7, 11) is 0. The molecule has 1 nitrogen and oxygen atoms in total. The van der Waals surface area contributed by atoms with E-state index in [9.17, 15) is 4.39 Å². The first-order chi connectivity index (χ1) is 9.22. The first kappa shape index (κ1) is 13.1. The zero-order valence-corrected chi connectivity index (χ0v) is 11.8. The summed E-state index contributed by atoms with van der Waals surface area (Å²) in [5.74, 6) is 1.67. The van der Waals surface area contributed by atoms with Crippen LogP contribution in [-0.4, -0.2) is 6.54 Å². The van der Waals surface area contributed by atoms with Crippen molar-refractivity contribution in [1.82, 2.24) is 5.32 Å². The standard InChI is InChI=1S/C17H24FN/c1-12-2-4-13(5-3-12)11-19-17-9-6-14-10-15(18)7-8-16(14)17/h7-8,10,12-13,17,19H,2-6,9,11H2,1H3. The number of hydrogen-bond donors (Lipinski definition) is 1. The lowest BCUT2D eigenvalue weighted by Gasteiger charge is -2.27. The second-order valence-electron chi connectivity index (χ2n) is 6.47. The molecule has 0 spiro atoms. The molecule has 104 valence electrons. The van der Waals surface area contributed by atoms with Crippen molar-refractivity contribution in [3.8, 4) is 0 Å². The molecule has 2 aliphatic rings. The highest BCUT2D eigenvalue weighted by Crippen LogP contribution is 2.33. The first-order valence-electron chi connectivity index (χ1n) is 7.74. The molecule has 1 saturated carbocycles. The molecule has 19 heavy (non-hydrogen) atoms. The second-order valence-corrected chi connectivity index (χ2v) is 6.47. The number of rotatable bonds is 3. The van der Waals surface area contributed by atoms with E-state index in [4.69, 9.17) is 0 Å². The van der Waals surface area contributed by atoms with E-state index in [2.05, 4.69) is 12.2 Å². The molecular formula is C17H24FN. The summed E-state index contributed by atoms with van der Waals surface area (Å²) in [6, 6.07) is 5.73. The largest absolute Gasteiger partial charge is 0.310 e. The van der Waals surface area contributed by atoms with Gasteiger partial charge in [0.2, 0.25) is 0 Å². The van der Waals surface area contributed by atoms with Crippen LogP contribution >= 0.6 is 0 Å². The molecule has 1 N–H and O–H groups in total. The number of hydrogen-bond acceptors (Lipinski definition) is 1. The fourth-order valence-corrected chi connectivity index (χ4v) is 3.64. The number of aryl methyl sites for hydroxylation is 1.